The molecular formula is C28H51NO9. The van der Waals surface area contributed by atoms with E-state index in [1.165, 1.54) is 6.92 Å². The summed E-state index contributed by atoms with van der Waals surface area (Å²) in [5.41, 5.74) is -2.63. The molecule has 5 N–H and O–H groups in total. The highest BCUT2D eigenvalue weighted by Gasteiger charge is 2.57. The number of nitrogens with one attached hydrogen (secondary N) is 1. The molecule has 3 heterocycles. The first-order valence-electron chi connectivity index (χ1n) is 14.2. The minimum Gasteiger partial charge on any atom is -0.459 e. The van der Waals surface area contributed by atoms with Crippen LogP contribution in [0.1, 0.15) is 74.7 Å². The van der Waals surface area contributed by atoms with Crippen molar-refractivity contribution in [3.63, 3.8) is 0 Å². The number of fused-ring (bicyclic) bond motifs is 2. The lowest BCUT2D eigenvalue weighted by Crippen LogP contribution is -2.58. The second kappa shape index (κ2) is 11.9. The van der Waals surface area contributed by atoms with Crippen LogP contribution in [0.5, 0.6) is 0 Å². The number of hydrogen-bond donors (Lipinski definition) is 5. The van der Waals surface area contributed by atoms with Gasteiger partial charge in [0, 0.05) is 17.9 Å². The van der Waals surface area contributed by atoms with Crippen molar-refractivity contribution in [2.45, 2.75) is 141 Å². The third-order valence-electron chi connectivity index (χ3n) is 9.37. The van der Waals surface area contributed by atoms with Gasteiger partial charge in [0.1, 0.15) is 17.8 Å². The largest absolute Gasteiger partial charge is 0.459 e. The normalized spacial score (nSPS) is 49.0. The molecule has 3 rings (SSSR count). The van der Waals surface area contributed by atoms with E-state index >= 15 is 0 Å². The van der Waals surface area contributed by atoms with Crippen LogP contribution in [0.25, 0.3) is 0 Å². The first-order valence-corrected chi connectivity index (χ1v) is 14.2. The zero-order valence-corrected chi connectivity index (χ0v) is 24.5. The third kappa shape index (κ3) is 5.93. The predicted octanol–water partition coefficient (Wildman–Crippen LogP) is 1.36. The van der Waals surface area contributed by atoms with Crippen molar-refractivity contribution >= 4 is 5.97 Å². The lowest BCUT2D eigenvalue weighted by atomic mass is 9.76. The zero-order chi connectivity index (χ0) is 28.7. The minimum atomic E-state index is -1.73. The zero-order valence-electron chi connectivity index (χ0n) is 24.5. The summed E-state index contributed by atoms with van der Waals surface area (Å²) in [6.45, 7) is 14.4. The highest BCUT2D eigenvalue weighted by Crippen LogP contribution is 2.47. The topological polar surface area (TPSA) is 147 Å². The molecule has 3 saturated heterocycles. The maximum Gasteiger partial charge on any atom is 0.311 e. The van der Waals surface area contributed by atoms with E-state index in [-0.39, 0.29) is 24.5 Å². The molecule has 0 aliphatic carbocycles. The lowest BCUT2D eigenvalue weighted by molar-refractivity contribution is -0.296. The fourth-order valence-corrected chi connectivity index (χ4v) is 7.00. The number of cyclic esters (lactones) is 1. The number of likely N-dealkylation sites (N-methyl/N-ethyl adjacent to an activating group) is 1. The Morgan fingerprint density at radius 2 is 1.79 bits per heavy atom. The maximum atomic E-state index is 13.3. The molecule has 6 unspecified atom stereocenters. The summed E-state index contributed by atoms with van der Waals surface area (Å²) in [7, 11) is 1.78. The Balaban J connectivity index is 2.03. The Morgan fingerprint density at radius 1 is 1.16 bits per heavy atom. The first kappa shape index (κ1) is 31.7. The summed E-state index contributed by atoms with van der Waals surface area (Å²) < 4.78 is 25.1. The number of carbonyl (C=O) groups is 1. The molecule has 0 spiro atoms. The number of hydrogen-bond acceptors (Lipinski definition) is 10. The summed E-state index contributed by atoms with van der Waals surface area (Å²) >= 11 is 0. The van der Waals surface area contributed by atoms with Crippen LogP contribution in [0.15, 0.2) is 0 Å². The average molecular weight is 546 g/mol. The van der Waals surface area contributed by atoms with Gasteiger partial charge in [-0.3, -0.25) is 4.79 Å². The summed E-state index contributed by atoms with van der Waals surface area (Å²) in [6.07, 6.45) is -5.10. The second-order valence-corrected chi connectivity index (χ2v) is 12.6. The Labute approximate surface area is 227 Å². The number of ether oxygens (including phenoxy) is 4. The van der Waals surface area contributed by atoms with Crippen LogP contribution in [0.2, 0.25) is 0 Å². The number of aliphatic hydroxyl groups excluding tert-OH is 3. The molecule has 10 heteroatoms. The highest BCUT2D eigenvalue weighted by atomic mass is 16.7. The molecule has 0 amide bonds. The molecule has 0 aromatic rings. The van der Waals surface area contributed by atoms with Crippen LogP contribution in [0.3, 0.4) is 0 Å². The number of carbonyl (C=O) groups excluding carboxylic acids is 1. The lowest BCUT2D eigenvalue weighted by Gasteiger charge is -2.45. The Kier molecular flexibility index (Phi) is 9.96. The molecule has 3 aliphatic rings. The van der Waals surface area contributed by atoms with E-state index in [0.717, 1.165) is 0 Å². The van der Waals surface area contributed by atoms with Gasteiger partial charge in [0.15, 0.2) is 6.29 Å². The highest BCUT2D eigenvalue weighted by molar-refractivity contribution is 5.73. The third-order valence-corrected chi connectivity index (χ3v) is 9.37. The van der Waals surface area contributed by atoms with Gasteiger partial charge >= 0.3 is 5.97 Å². The van der Waals surface area contributed by atoms with Gasteiger partial charge in [0.05, 0.1) is 42.0 Å². The molecule has 222 valence electrons. The average Bonchev–Trinajstić information content (AvgIpc) is 3.18. The summed E-state index contributed by atoms with van der Waals surface area (Å²) in [4.78, 5) is 13.3. The standard InChI is InChI=1S/C28H51NO9/c1-10-19(30)28(8,34)24-17(6)22-13(2)12-27(7,38-22)23(15(4)20(31)16(5)25(33)36-24)37-26-21(32)18(29-9)11-14(3)35-26/h13-24,26,29-32,34H,10-12H2,1-9H3/t13?,14?,15-,16+,17-,18?,19+,20-,21?,22?,23+,24+,26-,27?,28+/m0/s1. The van der Waals surface area contributed by atoms with Crippen LogP contribution < -0.4 is 5.32 Å². The number of rotatable bonds is 6. The van der Waals surface area contributed by atoms with Gasteiger partial charge in [-0.05, 0) is 59.9 Å². The van der Waals surface area contributed by atoms with E-state index in [1.54, 1.807) is 27.8 Å². The summed E-state index contributed by atoms with van der Waals surface area (Å²) in [6, 6.07) is -0.224. The van der Waals surface area contributed by atoms with Gasteiger partial charge in [-0.1, -0.05) is 27.7 Å². The Morgan fingerprint density at radius 3 is 2.37 bits per heavy atom. The molecule has 10 nitrogen and oxygen atoms in total. The Hall–Kier alpha value is -0.850. The van der Waals surface area contributed by atoms with Crippen molar-refractivity contribution < 1.29 is 44.2 Å². The second-order valence-electron chi connectivity index (χ2n) is 12.6. The van der Waals surface area contributed by atoms with Gasteiger partial charge in [0.2, 0.25) is 0 Å². The van der Waals surface area contributed by atoms with Crippen LogP contribution >= 0.6 is 0 Å². The van der Waals surface area contributed by atoms with Crippen LogP contribution in [0.4, 0.5) is 0 Å². The molecule has 2 bridgehead atoms. The summed E-state index contributed by atoms with van der Waals surface area (Å²) in [5.74, 6) is -2.70. The van der Waals surface area contributed by atoms with E-state index in [0.29, 0.717) is 12.8 Å². The van der Waals surface area contributed by atoms with Crippen molar-refractivity contribution in [2.24, 2.45) is 23.7 Å². The van der Waals surface area contributed by atoms with Crippen molar-refractivity contribution in [3.05, 3.63) is 0 Å². The van der Waals surface area contributed by atoms with Crippen molar-refractivity contribution in [1.82, 2.24) is 5.32 Å². The van der Waals surface area contributed by atoms with E-state index in [2.05, 4.69) is 5.32 Å². The van der Waals surface area contributed by atoms with Crippen LogP contribution in [-0.2, 0) is 23.7 Å². The molecule has 15 atom stereocenters. The van der Waals surface area contributed by atoms with E-state index in [4.69, 9.17) is 18.9 Å². The van der Waals surface area contributed by atoms with Crippen molar-refractivity contribution in [2.75, 3.05) is 7.05 Å². The summed E-state index contributed by atoms with van der Waals surface area (Å²) in [5, 5.41) is 47.6. The van der Waals surface area contributed by atoms with Crippen LogP contribution in [-0.4, -0.2) is 99.7 Å². The maximum absolute atomic E-state index is 13.3. The minimum absolute atomic E-state index is 0.0146. The van der Waals surface area contributed by atoms with Gasteiger partial charge < -0.3 is 44.7 Å². The molecule has 0 saturated carbocycles. The SMILES string of the molecule is CC[C@@H](O)[C@@](C)(O)[C@@H]1OC(=O)[C@H](C)[C@@H](O)[C@H](C)[C@@H](O[C@@H]2OC(C)CC(NC)C2O)C2(C)CC(C)C(O2)[C@@H]1C. The molecular weight excluding hydrogens is 494 g/mol. The molecule has 38 heavy (non-hydrogen) atoms. The molecule has 0 aromatic heterocycles. The molecule has 0 radical (unpaired) electrons. The first-order chi connectivity index (χ1) is 17.6. The molecule has 0 aromatic carbocycles. The van der Waals surface area contributed by atoms with E-state index < -0.39 is 77.8 Å². The van der Waals surface area contributed by atoms with Gasteiger partial charge in [-0.25, -0.2) is 0 Å². The number of aliphatic hydroxyl groups is 4. The fourth-order valence-electron chi connectivity index (χ4n) is 7.00. The van der Waals surface area contributed by atoms with Crippen LogP contribution in [0, 0.1) is 23.7 Å². The Bertz CT molecular complexity index is 811. The molecule has 3 fully saturated rings. The monoisotopic (exact) mass is 545 g/mol. The predicted molar refractivity (Wildman–Crippen MR) is 140 cm³/mol. The van der Waals surface area contributed by atoms with Gasteiger partial charge in [-0.2, -0.15) is 0 Å². The smallest absolute Gasteiger partial charge is 0.311 e. The van der Waals surface area contributed by atoms with Gasteiger partial charge in [-0.15, -0.1) is 0 Å². The van der Waals surface area contributed by atoms with Crippen molar-refractivity contribution in [3.8, 4) is 0 Å². The van der Waals surface area contributed by atoms with Crippen molar-refractivity contribution in [1.29, 1.82) is 0 Å². The quantitative estimate of drug-likeness (QED) is 0.310. The number of esters is 1. The van der Waals surface area contributed by atoms with E-state index in [9.17, 15) is 25.2 Å². The van der Waals surface area contributed by atoms with Gasteiger partial charge in [0.25, 0.3) is 0 Å². The molecule has 3 aliphatic heterocycles. The fraction of sp³-hybridized carbons (Fsp3) is 0.964. The van der Waals surface area contributed by atoms with E-state index in [1.807, 2.05) is 27.7 Å².